The van der Waals surface area contributed by atoms with Gasteiger partial charge in [-0.15, -0.1) is 0 Å². The Morgan fingerprint density at radius 1 is 1.36 bits per heavy atom. The van der Waals surface area contributed by atoms with Crippen molar-refractivity contribution in [2.24, 2.45) is 0 Å². The molecule has 0 radical (unpaired) electrons. The molecule has 1 aliphatic rings. The van der Waals surface area contributed by atoms with E-state index in [2.05, 4.69) is 10.2 Å². The fraction of sp³-hybridized carbons (Fsp3) is 0.529. The van der Waals surface area contributed by atoms with Gasteiger partial charge >= 0.3 is 5.97 Å². The number of benzene rings is 1. The quantitative estimate of drug-likeness (QED) is 0.862. The summed E-state index contributed by atoms with van der Waals surface area (Å²) in [4.78, 5) is 25.7. The summed E-state index contributed by atoms with van der Waals surface area (Å²) in [5, 5.41) is 2.96. The highest BCUT2D eigenvalue weighted by Gasteiger charge is 2.33. The predicted molar refractivity (Wildman–Crippen MR) is 84.3 cm³/mol. The van der Waals surface area contributed by atoms with Crippen LogP contribution in [0.25, 0.3) is 0 Å². The minimum atomic E-state index is -0.414. The summed E-state index contributed by atoms with van der Waals surface area (Å²) in [6, 6.07) is 7.54. The predicted octanol–water partition coefficient (Wildman–Crippen LogP) is 1.81. The summed E-state index contributed by atoms with van der Waals surface area (Å²) in [6.07, 6.45) is 1.89. The van der Waals surface area contributed by atoms with Gasteiger partial charge in [-0.3, -0.25) is 9.69 Å². The number of rotatable bonds is 4. The highest BCUT2D eigenvalue weighted by molar-refractivity contribution is 5.78. The van der Waals surface area contributed by atoms with E-state index in [9.17, 15) is 9.59 Å². The van der Waals surface area contributed by atoms with Crippen LogP contribution in [-0.2, 0) is 14.3 Å². The maximum Gasteiger partial charge on any atom is 0.327 e. The average Bonchev–Trinajstić information content (AvgIpc) is 2.49. The zero-order valence-corrected chi connectivity index (χ0v) is 13.5. The van der Waals surface area contributed by atoms with Gasteiger partial charge in [0.2, 0.25) is 5.91 Å². The van der Waals surface area contributed by atoms with E-state index in [4.69, 9.17) is 4.74 Å². The highest BCUT2D eigenvalue weighted by atomic mass is 16.5. The van der Waals surface area contributed by atoms with Crippen LogP contribution in [0.15, 0.2) is 24.3 Å². The first-order valence-electron chi connectivity index (χ1n) is 7.67. The third-order valence-corrected chi connectivity index (χ3v) is 4.13. The van der Waals surface area contributed by atoms with Crippen LogP contribution in [0.4, 0.5) is 0 Å². The molecule has 1 saturated heterocycles. The van der Waals surface area contributed by atoms with E-state index in [0.29, 0.717) is 6.54 Å². The standard InChI is InChI=1S/C17H24N2O3/c1-12-7-4-5-9-15(12)16(17(21)22-3)19-10-6-8-14(11-19)18-13(2)20/h4-5,7,9,14,16H,6,8,10-11H2,1-3H3,(H,18,20)/t14-,16-/m1/s1. The molecule has 22 heavy (non-hydrogen) atoms. The maximum absolute atomic E-state index is 12.3. The van der Waals surface area contributed by atoms with E-state index < -0.39 is 6.04 Å². The summed E-state index contributed by atoms with van der Waals surface area (Å²) in [5.74, 6) is -0.282. The Morgan fingerprint density at radius 2 is 2.09 bits per heavy atom. The fourth-order valence-electron chi connectivity index (χ4n) is 3.12. The van der Waals surface area contributed by atoms with E-state index in [1.54, 1.807) is 0 Å². The van der Waals surface area contributed by atoms with E-state index in [1.165, 1.54) is 14.0 Å². The van der Waals surface area contributed by atoms with Crippen molar-refractivity contribution in [1.82, 2.24) is 10.2 Å². The van der Waals surface area contributed by atoms with Crippen molar-refractivity contribution >= 4 is 11.9 Å². The Hall–Kier alpha value is -1.88. The summed E-state index contributed by atoms with van der Waals surface area (Å²) in [7, 11) is 1.42. The van der Waals surface area contributed by atoms with Crippen LogP contribution in [0, 0.1) is 6.92 Å². The molecule has 1 amide bonds. The van der Waals surface area contributed by atoms with Gasteiger partial charge in [0.1, 0.15) is 6.04 Å². The molecule has 1 aromatic rings. The Morgan fingerprint density at radius 3 is 2.73 bits per heavy atom. The largest absolute Gasteiger partial charge is 0.468 e. The van der Waals surface area contributed by atoms with Gasteiger partial charge in [0.25, 0.3) is 0 Å². The summed E-state index contributed by atoms with van der Waals surface area (Å²) in [6.45, 7) is 5.01. The molecule has 0 bridgehead atoms. The summed E-state index contributed by atoms with van der Waals surface area (Å²) in [5.41, 5.74) is 2.04. The third kappa shape index (κ3) is 3.85. The number of carbonyl (C=O) groups is 2. The lowest BCUT2D eigenvalue weighted by molar-refractivity contribution is -0.148. The number of nitrogens with one attached hydrogen (secondary N) is 1. The van der Waals surface area contributed by atoms with Gasteiger partial charge in [0.05, 0.1) is 7.11 Å². The zero-order valence-electron chi connectivity index (χ0n) is 13.5. The second-order valence-electron chi connectivity index (χ2n) is 5.82. The number of likely N-dealkylation sites (tertiary alicyclic amines) is 1. The van der Waals surface area contributed by atoms with Crippen LogP contribution in [-0.4, -0.2) is 43.0 Å². The number of carbonyl (C=O) groups excluding carboxylic acids is 2. The van der Waals surface area contributed by atoms with Crippen molar-refractivity contribution in [3.8, 4) is 0 Å². The molecule has 0 spiro atoms. The molecule has 0 aromatic heterocycles. The monoisotopic (exact) mass is 304 g/mol. The van der Waals surface area contributed by atoms with E-state index >= 15 is 0 Å². The van der Waals surface area contributed by atoms with Crippen LogP contribution in [0.3, 0.4) is 0 Å². The first-order valence-corrected chi connectivity index (χ1v) is 7.67. The normalized spacial score (nSPS) is 20.2. The number of esters is 1. The molecular formula is C17H24N2O3. The van der Waals surface area contributed by atoms with E-state index in [-0.39, 0.29) is 17.9 Å². The molecule has 5 nitrogen and oxygen atoms in total. The highest BCUT2D eigenvalue weighted by Crippen LogP contribution is 2.28. The zero-order chi connectivity index (χ0) is 16.1. The van der Waals surface area contributed by atoms with Gasteiger partial charge in [-0.25, -0.2) is 4.79 Å². The minimum Gasteiger partial charge on any atom is -0.468 e. The molecule has 0 saturated carbocycles. The number of nitrogens with zero attached hydrogens (tertiary/aromatic N) is 1. The van der Waals surface area contributed by atoms with Crippen molar-refractivity contribution in [1.29, 1.82) is 0 Å². The number of hydrogen-bond donors (Lipinski definition) is 1. The van der Waals surface area contributed by atoms with Crippen molar-refractivity contribution in [3.05, 3.63) is 35.4 Å². The lowest BCUT2D eigenvalue weighted by atomic mass is 9.96. The average molecular weight is 304 g/mol. The number of methoxy groups -OCH3 is 1. The number of ether oxygens (including phenoxy) is 1. The van der Waals surface area contributed by atoms with Crippen LogP contribution >= 0.6 is 0 Å². The Balaban J connectivity index is 2.24. The minimum absolute atomic E-state index is 0.0302. The lowest BCUT2D eigenvalue weighted by Gasteiger charge is -2.37. The Bertz CT molecular complexity index is 544. The Labute approximate surface area is 131 Å². The van der Waals surface area contributed by atoms with Gasteiger partial charge < -0.3 is 10.1 Å². The van der Waals surface area contributed by atoms with Gasteiger partial charge in [-0.1, -0.05) is 24.3 Å². The van der Waals surface area contributed by atoms with E-state index in [1.807, 2.05) is 31.2 Å². The fourth-order valence-corrected chi connectivity index (χ4v) is 3.12. The van der Waals surface area contributed by atoms with Crippen molar-refractivity contribution in [2.45, 2.75) is 38.8 Å². The van der Waals surface area contributed by atoms with Gasteiger partial charge in [0, 0.05) is 19.5 Å². The number of piperidine rings is 1. The van der Waals surface area contributed by atoms with Crippen molar-refractivity contribution in [2.75, 3.05) is 20.2 Å². The van der Waals surface area contributed by atoms with Crippen molar-refractivity contribution in [3.63, 3.8) is 0 Å². The molecule has 2 rings (SSSR count). The second kappa shape index (κ2) is 7.40. The number of aryl methyl sites for hydroxylation is 1. The van der Waals surface area contributed by atoms with Gasteiger partial charge in [-0.2, -0.15) is 0 Å². The first-order chi connectivity index (χ1) is 10.5. The number of amides is 1. The molecular weight excluding hydrogens is 280 g/mol. The Kier molecular flexibility index (Phi) is 5.55. The third-order valence-electron chi connectivity index (χ3n) is 4.13. The molecule has 120 valence electrons. The molecule has 1 aliphatic heterocycles. The smallest absolute Gasteiger partial charge is 0.327 e. The first kappa shape index (κ1) is 16.5. The number of hydrogen-bond acceptors (Lipinski definition) is 4. The molecule has 1 N–H and O–H groups in total. The molecule has 2 atom stereocenters. The summed E-state index contributed by atoms with van der Waals surface area (Å²) < 4.78 is 5.02. The van der Waals surface area contributed by atoms with Crippen LogP contribution in [0.5, 0.6) is 0 Å². The molecule has 1 fully saturated rings. The second-order valence-corrected chi connectivity index (χ2v) is 5.82. The SMILES string of the molecule is COC(=O)[C@@H](c1ccccc1C)N1CCC[C@@H](NC(C)=O)C1. The maximum atomic E-state index is 12.3. The van der Waals surface area contributed by atoms with Crippen LogP contribution in [0.2, 0.25) is 0 Å². The molecule has 0 unspecified atom stereocenters. The molecule has 0 aliphatic carbocycles. The van der Waals surface area contributed by atoms with E-state index in [0.717, 1.165) is 30.5 Å². The van der Waals surface area contributed by atoms with Crippen LogP contribution < -0.4 is 5.32 Å². The van der Waals surface area contributed by atoms with Crippen molar-refractivity contribution < 1.29 is 14.3 Å². The molecule has 1 heterocycles. The van der Waals surface area contributed by atoms with Crippen LogP contribution in [0.1, 0.15) is 36.9 Å². The topological polar surface area (TPSA) is 58.6 Å². The molecule has 5 heteroatoms. The van der Waals surface area contributed by atoms with Gasteiger partial charge in [-0.05, 0) is 37.4 Å². The van der Waals surface area contributed by atoms with Gasteiger partial charge in [0.15, 0.2) is 0 Å². The lowest BCUT2D eigenvalue weighted by Crippen LogP contribution is -2.49. The molecule has 1 aromatic carbocycles. The summed E-state index contributed by atoms with van der Waals surface area (Å²) >= 11 is 0.